The summed E-state index contributed by atoms with van der Waals surface area (Å²) in [4.78, 5) is 12.2. The number of ether oxygens (including phenoxy) is 2. The molecule has 0 heterocycles. The van der Waals surface area contributed by atoms with E-state index in [1.807, 2.05) is 32.0 Å². The van der Waals surface area contributed by atoms with Crippen LogP contribution in [0.1, 0.15) is 19.4 Å². The lowest BCUT2D eigenvalue weighted by molar-refractivity contribution is -0.122. The molecule has 1 amide bonds. The van der Waals surface area contributed by atoms with Crippen LogP contribution in [0, 0.1) is 6.92 Å². The van der Waals surface area contributed by atoms with E-state index < -0.39 is 6.10 Å². The number of rotatable bonds is 6. The Morgan fingerprint density at radius 3 is 2.48 bits per heavy atom. The zero-order valence-corrected chi connectivity index (χ0v) is 14.2. The third kappa shape index (κ3) is 4.89. The van der Waals surface area contributed by atoms with Crippen LogP contribution in [0.4, 0.5) is 5.69 Å². The Kier molecular flexibility index (Phi) is 5.88. The zero-order valence-electron chi connectivity index (χ0n) is 13.4. The molecule has 23 heavy (non-hydrogen) atoms. The molecule has 1 atom stereocenters. The maximum atomic E-state index is 12.2. The Hall–Kier alpha value is -2.20. The van der Waals surface area contributed by atoms with E-state index in [9.17, 15) is 4.79 Å². The summed E-state index contributed by atoms with van der Waals surface area (Å²) in [5.74, 6) is 1.15. The molecule has 0 aliphatic rings. The highest BCUT2D eigenvalue weighted by Gasteiger charge is 2.16. The van der Waals surface area contributed by atoms with Crippen molar-refractivity contribution in [3.05, 3.63) is 53.1 Å². The summed E-state index contributed by atoms with van der Waals surface area (Å²) in [6.07, 6.45) is -0.633. The Labute approximate surface area is 141 Å². The maximum absolute atomic E-state index is 12.2. The minimum absolute atomic E-state index is 0.232. The number of aryl methyl sites for hydroxylation is 1. The predicted molar refractivity (Wildman–Crippen MR) is 92.5 cm³/mol. The van der Waals surface area contributed by atoms with Gasteiger partial charge >= 0.3 is 0 Å². The lowest BCUT2D eigenvalue weighted by atomic mass is 10.2. The standard InChI is InChI=1S/C18H20ClNO3/c1-4-22-15-7-9-16(10-8-15)23-13(3)18(21)20-17-11-14(19)6-5-12(17)2/h5-11,13H,4H2,1-3H3,(H,20,21). The van der Waals surface area contributed by atoms with Crippen molar-refractivity contribution in [2.24, 2.45) is 0 Å². The highest BCUT2D eigenvalue weighted by Crippen LogP contribution is 2.22. The number of amides is 1. The first-order valence-electron chi connectivity index (χ1n) is 7.46. The lowest BCUT2D eigenvalue weighted by Gasteiger charge is -2.16. The fourth-order valence-electron chi connectivity index (χ4n) is 2.00. The summed E-state index contributed by atoms with van der Waals surface area (Å²) < 4.78 is 11.0. The molecule has 0 spiro atoms. The van der Waals surface area contributed by atoms with E-state index in [2.05, 4.69) is 5.32 Å². The number of hydrogen-bond acceptors (Lipinski definition) is 3. The van der Waals surface area contributed by atoms with Crippen molar-refractivity contribution in [1.82, 2.24) is 0 Å². The molecule has 2 aromatic carbocycles. The number of benzene rings is 2. The van der Waals surface area contributed by atoms with Gasteiger partial charge in [0.15, 0.2) is 6.10 Å². The summed E-state index contributed by atoms with van der Waals surface area (Å²) in [5, 5.41) is 3.40. The molecule has 0 radical (unpaired) electrons. The number of anilines is 1. The molecule has 1 unspecified atom stereocenters. The summed E-state index contributed by atoms with van der Waals surface area (Å²) in [7, 11) is 0. The average molecular weight is 334 g/mol. The first kappa shape index (κ1) is 17.2. The third-order valence-electron chi connectivity index (χ3n) is 3.27. The van der Waals surface area contributed by atoms with E-state index >= 15 is 0 Å². The van der Waals surface area contributed by atoms with Gasteiger partial charge in [0, 0.05) is 10.7 Å². The van der Waals surface area contributed by atoms with Gasteiger partial charge in [0.1, 0.15) is 11.5 Å². The topological polar surface area (TPSA) is 47.6 Å². The van der Waals surface area contributed by atoms with Crippen LogP contribution in [0.2, 0.25) is 5.02 Å². The molecule has 0 saturated carbocycles. The number of hydrogen-bond donors (Lipinski definition) is 1. The molecule has 2 aromatic rings. The summed E-state index contributed by atoms with van der Waals surface area (Å²) in [6, 6.07) is 12.5. The van der Waals surface area contributed by atoms with Crippen molar-refractivity contribution >= 4 is 23.2 Å². The lowest BCUT2D eigenvalue weighted by Crippen LogP contribution is -2.30. The molecule has 0 saturated heterocycles. The van der Waals surface area contributed by atoms with Crippen LogP contribution >= 0.6 is 11.6 Å². The molecule has 4 nitrogen and oxygen atoms in total. The molecule has 1 N–H and O–H groups in total. The van der Waals surface area contributed by atoms with Crippen LogP contribution in [0.3, 0.4) is 0 Å². The van der Waals surface area contributed by atoms with Gasteiger partial charge in [-0.05, 0) is 62.7 Å². The van der Waals surface area contributed by atoms with Gasteiger partial charge in [-0.25, -0.2) is 0 Å². The van der Waals surface area contributed by atoms with Gasteiger partial charge in [-0.1, -0.05) is 17.7 Å². The van der Waals surface area contributed by atoms with Gasteiger partial charge in [-0.3, -0.25) is 4.79 Å². The van der Waals surface area contributed by atoms with Gasteiger partial charge in [0.05, 0.1) is 6.61 Å². The monoisotopic (exact) mass is 333 g/mol. The molecular weight excluding hydrogens is 314 g/mol. The van der Waals surface area contributed by atoms with Gasteiger partial charge in [-0.15, -0.1) is 0 Å². The fourth-order valence-corrected chi connectivity index (χ4v) is 2.17. The molecule has 122 valence electrons. The van der Waals surface area contributed by atoms with Crippen molar-refractivity contribution in [3.8, 4) is 11.5 Å². The number of nitrogens with one attached hydrogen (secondary N) is 1. The van der Waals surface area contributed by atoms with Crippen LogP contribution in [0.25, 0.3) is 0 Å². The first-order valence-corrected chi connectivity index (χ1v) is 7.84. The minimum Gasteiger partial charge on any atom is -0.494 e. The SMILES string of the molecule is CCOc1ccc(OC(C)C(=O)Nc2cc(Cl)ccc2C)cc1. The number of carbonyl (C=O) groups is 1. The van der Waals surface area contributed by atoms with E-state index in [0.717, 1.165) is 11.3 Å². The molecule has 2 rings (SSSR count). The Morgan fingerprint density at radius 1 is 1.17 bits per heavy atom. The Bertz CT molecular complexity index is 670. The van der Waals surface area contributed by atoms with E-state index in [-0.39, 0.29) is 5.91 Å². The van der Waals surface area contributed by atoms with Crippen molar-refractivity contribution in [2.45, 2.75) is 26.9 Å². The second-order valence-electron chi connectivity index (χ2n) is 5.11. The maximum Gasteiger partial charge on any atom is 0.265 e. The Balaban J connectivity index is 1.98. The normalized spacial score (nSPS) is 11.7. The molecule has 0 aromatic heterocycles. The summed E-state index contributed by atoms with van der Waals surface area (Å²) in [5.41, 5.74) is 1.63. The zero-order chi connectivity index (χ0) is 16.8. The highest BCUT2D eigenvalue weighted by atomic mass is 35.5. The molecule has 0 aliphatic carbocycles. The van der Waals surface area contributed by atoms with Crippen LogP contribution < -0.4 is 14.8 Å². The molecule has 0 aliphatic heterocycles. The van der Waals surface area contributed by atoms with Gasteiger partial charge in [0.2, 0.25) is 0 Å². The van der Waals surface area contributed by atoms with Crippen molar-refractivity contribution in [3.63, 3.8) is 0 Å². The van der Waals surface area contributed by atoms with Crippen molar-refractivity contribution < 1.29 is 14.3 Å². The molecule has 0 bridgehead atoms. The average Bonchev–Trinajstić information content (AvgIpc) is 2.53. The Morgan fingerprint density at radius 2 is 1.83 bits per heavy atom. The van der Waals surface area contributed by atoms with Crippen molar-refractivity contribution in [2.75, 3.05) is 11.9 Å². The quantitative estimate of drug-likeness (QED) is 0.849. The van der Waals surface area contributed by atoms with Crippen LogP contribution in [0.5, 0.6) is 11.5 Å². The van der Waals surface area contributed by atoms with Crippen LogP contribution in [-0.4, -0.2) is 18.6 Å². The third-order valence-corrected chi connectivity index (χ3v) is 3.51. The van der Waals surface area contributed by atoms with Gasteiger partial charge < -0.3 is 14.8 Å². The predicted octanol–water partition coefficient (Wildman–Crippen LogP) is 4.45. The smallest absolute Gasteiger partial charge is 0.265 e. The summed E-state index contributed by atoms with van der Waals surface area (Å²) in [6.45, 7) is 6.14. The van der Waals surface area contributed by atoms with Crippen LogP contribution in [0.15, 0.2) is 42.5 Å². The van der Waals surface area contributed by atoms with E-state index in [1.165, 1.54) is 0 Å². The molecule has 0 fully saturated rings. The summed E-state index contributed by atoms with van der Waals surface area (Å²) >= 11 is 5.96. The largest absolute Gasteiger partial charge is 0.494 e. The van der Waals surface area contributed by atoms with E-state index in [4.69, 9.17) is 21.1 Å². The second-order valence-corrected chi connectivity index (χ2v) is 5.55. The van der Waals surface area contributed by atoms with Gasteiger partial charge in [0.25, 0.3) is 5.91 Å². The minimum atomic E-state index is -0.633. The first-order chi connectivity index (χ1) is 11.0. The molecule has 5 heteroatoms. The van der Waals surface area contributed by atoms with E-state index in [0.29, 0.717) is 23.1 Å². The number of halogens is 1. The number of carbonyl (C=O) groups excluding carboxylic acids is 1. The second kappa shape index (κ2) is 7.88. The molecular formula is C18H20ClNO3. The van der Waals surface area contributed by atoms with Gasteiger partial charge in [-0.2, -0.15) is 0 Å². The van der Waals surface area contributed by atoms with Crippen LogP contribution in [-0.2, 0) is 4.79 Å². The van der Waals surface area contributed by atoms with E-state index in [1.54, 1.807) is 31.2 Å². The highest BCUT2D eigenvalue weighted by molar-refractivity contribution is 6.31. The fraction of sp³-hybridized carbons (Fsp3) is 0.278. The van der Waals surface area contributed by atoms with Crippen molar-refractivity contribution in [1.29, 1.82) is 0 Å².